The van der Waals surface area contributed by atoms with E-state index in [0.29, 0.717) is 32.1 Å². The first-order valence-electron chi connectivity index (χ1n) is 10.3. The van der Waals surface area contributed by atoms with Crippen LogP contribution in [0.15, 0.2) is 0 Å². The van der Waals surface area contributed by atoms with E-state index in [9.17, 15) is 24.0 Å². The summed E-state index contributed by atoms with van der Waals surface area (Å²) in [6.45, 7) is 0. The fourth-order valence-electron chi connectivity index (χ4n) is 9.28. The Morgan fingerprint density at radius 2 is 1.39 bits per heavy atom. The molecule has 2 bridgehead atoms. The number of esters is 4. The van der Waals surface area contributed by atoms with E-state index in [1.54, 1.807) is 0 Å². The second kappa shape index (κ2) is 4.12. The molecule has 146 valence electrons. The van der Waals surface area contributed by atoms with Crippen LogP contribution < -0.4 is 0 Å². The lowest BCUT2D eigenvalue weighted by atomic mass is 9.55. The number of Topliss-reactive ketones (excluding diaryl/α,β-unsaturated/α-hetero) is 1. The van der Waals surface area contributed by atoms with Gasteiger partial charge in [-0.3, -0.25) is 24.0 Å². The number of fused-ring (bicyclic) bond motifs is 1. The summed E-state index contributed by atoms with van der Waals surface area (Å²) in [5.41, 5.74) is -1.81. The van der Waals surface area contributed by atoms with Crippen molar-refractivity contribution in [2.45, 2.75) is 51.4 Å². The summed E-state index contributed by atoms with van der Waals surface area (Å²) in [4.78, 5) is 62.8. The molecule has 2 heterocycles. The van der Waals surface area contributed by atoms with E-state index in [4.69, 9.17) is 9.47 Å². The van der Waals surface area contributed by atoms with Crippen molar-refractivity contribution in [1.29, 1.82) is 0 Å². The van der Waals surface area contributed by atoms with Crippen molar-refractivity contribution in [2.24, 2.45) is 45.3 Å². The van der Waals surface area contributed by atoms with Crippen molar-refractivity contribution in [2.75, 3.05) is 0 Å². The maximum atomic E-state index is 14.0. The van der Waals surface area contributed by atoms with Crippen molar-refractivity contribution in [3.8, 4) is 0 Å². The topological polar surface area (TPSA) is 104 Å². The first kappa shape index (κ1) is 15.8. The Kier molecular flexibility index (Phi) is 2.33. The van der Waals surface area contributed by atoms with Gasteiger partial charge >= 0.3 is 23.9 Å². The molecule has 9 aliphatic rings. The molecule has 7 saturated carbocycles. The quantitative estimate of drug-likeness (QED) is 0.458. The Morgan fingerprint density at radius 1 is 0.714 bits per heavy atom. The standard InChI is InChI=1S/C21H20O7/c22-13-9-1-2-18(5-10(9)14(23)27-13)3-4-20(17(18)26)6-19-7-21(20,8-19)12-11(19)15(24)28-16(12)25/h9-12H,1-8H2. The SMILES string of the molecule is O=C1OC(=O)C2CC3(CCC12)CCC1(CC24CC1(C2)C1C(=O)OC(=O)C14)C3=O. The Morgan fingerprint density at radius 3 is 2.18 bits per heavy atom. The zero-order valence-electron chi connectivity index (χ0n) is 15.3. The van der Waals surface area contributed by atoms with Gasteiger partial charge in [0, 0.05) is 10.8 Å². The minimum Gasteiger partial charge on any atom is -0.393 e. The van der Waals surface area contributed by atoms with Crippen LogP contribution in [0.5, 0.6) is 0 Å². The third kappa shape index (κ3) is 1.29. The highest BCUT2D eigenvalue weighted by Gasteiger charge is 2.91. The fraction of sp³-hybridized carbons (Fsp3) is 0.762. The van der Waals surface area contributed by atoms with Crippen LogP contribution >= 0.6 is 0 Å². The van der Waals surface area contributed by atoms with Gasteiger partial charge in [0.05, 0.1) is 23.7 Å². The van der Waals surface area contributed by atoms with Crippen molar-refractivity contribution in [1.82, 2.24) is 0 Å². The van der Waals surface area contributed by atoms with Crippen LogP contribution in [-0.2, 0) is 33.4 Å². The summed E-state index contributed by atoms with van der Waals surface area (Å²) in [6, 6.07) is 0. The van der Waals surface area contributed by atoms with Crippen LogP contribution in [0, 0.1) is 45.3 Å². The third-order valence-electron chi connectivity index (χ3n) is 10.0. The van der Waals surface area contributed by atoms with Gasteiger partial charge in [0.15, 0.2) is 0 Å². The van der Waals surface area contributed by atoms with Gasteiger partial charge in [-0.15, -0.1) is 0 Å². The molecule has 9 rings (SSSR count). The van der Waals surface area contributed by atoms with Gasteiger partial charge in [-0.05, 0) is 62.2 Å². The number of ketones is 1. The van der Waals surface area contributed by atoms with Crippen molar-refractivity contribution in [3.05, 3.63) is 0 Å². The van der Waals surface area contributed by atoms with E-state index in [0.717, 1.165) is 19.3 Å². The molecule has 2 aliphatic heterocycles. The lowest BCUT2D eigenvalue weighted by Crippen LogP contribution is -2.50. The summed E-state index contributed by atoms with van der Waals surface area (Å²) >= 11 is 0. The van der Waals surface area contributed by atoms with Crippen molar-refractivity contribution in [3.63, 3.8) is 0 Å². The molecule has 0 radical (unpaired) electrons. The summed E-state index contributed by atoms with van der Waals surface area (Å²) < 4.78 is 9.80. The predicted molar refractivity (Wildman–Crippen MR) is 87.8 cm³/mol. The van der Waals surface area contributed by atoms with E-state index in [2.05, 4.69) is 0 Å². The summed E-state index contributed by atoms with van der Waals surface area (Å²) in [7, 11) is 0. The van der Waals surface area contributed by atoms with Crippen LogP contribution in [0.3, 0.4) is 0 Å². The second-order valence-electron chi connectivity index (χ2n) is 10.6. The number of hydrogen-bond acceptors (Lipinski definition) is 7. The molecule has 6 unspecified atom stereocenters. The van der Waals surface area contributed by atoms with Gasteiger partial charge < -0.3 is 9.47 Å². The largest absolute Gasteiger partial charge is 0.393 e. The lowest BCUT2D eigenvalue weighted by Gasteiger charge is -2.46. The number of ether oxygens (including phenoxy) is 2. The molecule has 0 aromatic rings. The molecule has 2 saturated heterocycles. The Balaban J connectivity index is 1.27. The van der Waals surface area contributed by atoms with Gasteiger partial charge in [-0.25, -0.2) is 0 Å². The summed E-state index contributed by atoms with van der Waals surface area (Å²) in [5, 5.41) is 0. The third-order valence-corrected chi connectivity index (χ3v) is 10.0. The van der Waals surface area contributed by atoms with Crippen molar-refractivity contribution >= 4 is 29.7 Å². The average molecular weight is 384 g/mol. The molecular formula is C21H20O7. The minimum atomic E-state index is -0.587. The molecule has 2 spiro atoms. The van der Waals surface area contributed by atoms with Crippen molar-refractivity contribution < 1.29 is 33.4 Å². The average Bonchev–Trinajstić information content (AvgIpc) is 3.42. The number of cyclic esters (lactones) is 4. The zero-order valence-corrected chi connectivity index (χ0v) is 15.3. The Labute approximate surface area is 160 Å². The first-order valence-corrected chi connectivity index (χ1v) is 10.3. The molecule has 7 aliphatic carbocycles. The van der Waals surface area contributed by atoms with Crippen LogP contribution in [0.4, 0.5) is 0 Å². The number of carbonyl (C=O) groups excluding carboxylic acids is 5. The van der Waals surface area contributed by atoms with Gasteiger partial charge in [-0.1, -0.05) is 0 Å². The Hall–Kier alpha value is -2.05. The number of rotatable bonds is 0. The molecule has 0 aromatic heterocycles. The number of carbonyl (C=O) groups is 5. The highest BCUT2D eigenvalue weighted by molar-refractivity contribution is 6.04. The van der Waals surface area contributed by atoms with E-state index in [1.807, 2.05) is 0 Å². The van der Waals surface area contributed by atoms with Crippen LogP contribution in [0.1, 0.15) is 51.4 Å². The van der Waals surface area contributed by atoms with Crippen LogP contribution in [-0.4, -0.2) is 29.7 Å². The van der Waals surface area contributed by atoms with Gasteiger partial charge in [0.25, 0.3) is 0 Å². The summed E-state index contributed by atoms with van der Waals surface area (Å²) in [6.07, 6.45) is 5.19. The molecule has 7 heteroatoms. The van der Waals surface area contributed by atoms with Gasteiger partial charge in [0.2, 0.25) is 0 Å². The normalized spacial score (nSPS) is 57.6. The van der Waals surface area contributed by atoms with E-state index < -0.39 is 57.9 Å². The highest BCUT2D eigenvalue weighted by atomic mass is 16.6. The fourth-order valence-corrected chi connectivity index (χ4v) is 9.28. The zero-order chi connectivity index (χ0) is 19.3. The molecule has 0 N–H and O–H groups in total. The van der Waals surface area contributed by atoms with Crippen LogP contribution in [0.25, 0.3) is 0 Å². The maximum absolute atomic E-state index is 14.0. The van der Waals surface area contributed by atoms with E-state index in [1.165, 1.54) is 0 Å². The molecule has 7 nitrogen and oxygen atoms in total. The van der Waals surface area contributed by atoms with Crippen LogP contribution in [0.2, 0.25) is 0 Å². The molecular weight excluding hydrogens is 364 g/mol. The monoisotopic (exact) mass is 384 g/mol. The maximum Gasteiger partial charge on any atom is 0.318 e. The van der Waals surface area contributed by atoms with Gasteiger partial charge in [0.1, 0.15) is 5.78 Å². The molecule has 9 fully saturated rings. The predicted octanol–water partition coefficient (Wildman–Crippen LogP) is 1.32. The van der Waals surface area contributed by atoms with E-state index in [-0.39, 0.29) is 17.1 Å². The Bertz CT molecular complexity index is 942. The first-order chi connectivity index (χ1) is 13.3. The highest BCUT2D eigenvalue weighted by Crippen LogP contribution is 2.91. The second-order valence-corrected chi connectivity index (χ2v) is 10.6. The van der Waals surface area contributed by atoms with E-state index >= 15 is 0 Å². The van der Waals surface area contributed by atoms with Gasteiger partial charge in [-0.2, -0.15) is 0 Å². The molecule has 6 atom stereocenters. The minimum absolute atomic E-state index is 0.190. The number of hydrogen-bond donors (Lipinski definition) is 0. The molecule has 0 aromatic carbocycles. The molecule has 0 amide bonds. The lowest BCUT2D eigenvalue weighted by molar-refractivity contribution is -0.160. The smallest absolute Gasteiger partial charge is 0.318 e. The molecule has 28 heavy (non-hydrogen) atoms. The summed E-state index contributed by atoms with van der Waals surface area (Å²) in [5.74, 6) is -3.28.